The molecule has 122 valence electrons. The zero-order valence-corrected chi connectivity index (χ0v) is 15.0. The van der Waals surface area contributed by atoms with Crippen molar-refractivity contribution in [2.45, 2.75) is 66.1 Å². The Labute approximate surface area is 135 Å². The highest BCUT2D eigenvalue weighted by Crippen LogP contribution is 2.36. The van der Waals surface area contributed by atoms with Crippen molar-refractivity contribution >= 4 is 12.6 Å². The van der Waals surface area contributed by atoms with Crippen LogP contribution in [0.15, 0.2) is 24.3 Å². The predicted molar refractivity (Wildman–Crippen MR) is 91.7 cm³/mol. The summed E-state index contributed by atoms with van der Waals surface area (Å²) in [5.41, 5.74) is 0.612. The molecule has 1 aromatic carbocycles. The van der Waals surface area contributed by atoms with Crippen LogP contribution < -0.4 is 10.2 Å². The van der Waals surface area contributed by atoms with Crippen LogP contribution in [0.25, 0.3) is 0 Å². The normalized spacial score (nSPS) is 20.2. The fraction of sp³-hybridized carbons (Fsp3) is 0.667. The summed E-state index contributed by atoms with van der Waals surface area (Å²) in [6.07, 6.45) is 1.10. The highest BCUT2D eigenvalue weighted by molar-refractivity contribution is 6.62. The van der Waals surface area contributed by atoms with E-state index in [9.17, 15) is 0 Å². The first-order valence-electron chi connectivity index (χ1n) is 8.15. The van der Waals surface area contributed by atoms with Gasteiger partial charge in [0.15, 0.2) is 0 Å². The third kappa shape index (κ3) is 3.66. The van der Waals surface area contributed by atoms with Crippen molar-refractivity contribution < 1.29 is 14.0 Å². The molecule has 1 aromatic rings. The number of benzene rings is 1. The van der Waals surface area contributed by atoms with Gasteiger partial charge in [0, 0.05) is 0 Å². The lowest BCUT2D eigenvalue weighted by Crippen LogP contribution is -2.41. The highest BCUT2D eigenvalue weighted by atomic mass is 16.7. The first-order chi connectivity index (χ1) is 10.1. The lowest BCUT2D eigenvalue weighted by Gasteiger charge is -2.32. The van der Waals surface area contributed by atoms with Crippen molar-refractivity contribution in [3.05, 3.63) is 24.3 Å². The maximum Gasteiger partial charge on any atom is 0.494 e. The monoisotopic (exact) mass is 304 g/mol. The van der Waals surface area contributed by atoms with Crippen LogP contribution in [0, 0.1) is 5.41 Å². The summed E-state index contributed by atoms with van der Waals surface area (Å²) in [5.74, 6) is 0.891. The van der Waals surface area contributed by atoms with Crippen molar-refractivity contribution in [2.75, 3.05) is 6.61 Å². The molecule has 1 aliphatic heterocycles. The van der Waals surface area contributed by atoms with Crippen LogP contribution in [0.5, 0.6) is 5.75 Å². The molecule has 0 bridgehead atoms. The second-order valence-electron chi connectivity index (χ2n) is 7.96. The molecule has 1 saturated heterocycles. The molecule has 1 aliphatic rings. The van der Waals surface area contributed by atoms with Crippen molar-refractivity contribution in [3.63, 3.8) is 0 Å². The quantitative estimate of drug-likeness (QED) is 0.774. The molecule has 0 unspecified atom stereocenters. The Balaban J connectivity index is 2.01. The lowest BCUT2D eigenvalue weighted by atomic mass is 9.79. The Kier molecular flexibility index (Phi) is 4.65. The van der Waals surface area contributed by atoms with Crippen molar-refractivity contribution in [3.8, 4) is 5.75 Å². The van der Waals surface area contributed by atoms with Crippen molar-refractivity contribution in [1.82, 2.24) is 0 Å². The largest absolute Gasteiger partial charge is 0.494 e. The SMILES string of the molecule is CCC(C)(C)COc1ccc(B2OC(C)(C)C(C)(C)O2)cc1. The number of hydrogen-bond donors (Lipinski definition) is 0. The molecular weight excluding hydrogens is 275 g/mol. The third-order valence-electron chi connectivity index (χ3n) is 4.99. The van der Waals surface area contributed by atoms with Crippen LogP contribution in [-0.4, -0.2) is 24.9 Å². The van der Waals surface area contributed by atoms with Gasteiger partial charge in [-0.05, 0) is 57.1 Å². The van der Waals surface area contributed by atoms with Crippen molar-refractivity contribution in [1.29, 1.82) is 0 Å². The molecule has 2 rings (SSSR count). The maximum absolute atomic E-state index is 6.06. The van der Waals surface area contributed by atoms with Gasteiger partial charge in [0.1, 0.15) is 5.75 Å². The van der Waals surface area contributed by atoms with Crippen LogP contribution in [0.1, 0.15) is 54.9 Å². The molecule has 1 fully saturated rings. The minimum absolute atomic E-state index is 0.199. The fourth-order valence-electron chi connectivity index (χ4n) is 2.08. The standard InChI is InChI=1S/C18H29BO3/c1-8-16(2,3)13-20-15-11-9-14(10-12-15)19-21-17(4,5)18(6,7)22-19/h9-12H,8,13H2,1-7H3. The summed E-state index contributed by atoms with van der Waals surface area (Å²) in [5, 5.41) is 0. The van der Waals surface area contributed by atoms with Crippen molar-refractivity contribution in [2.24, 2.45) is 5.41 Å². The van der Waals surface area contributed by atoms with Gasteiger partial charge < -0.3 is 14.0 Å². The van der Waals surface area contributed by atoms with Gasteiger partial charge in [-0.15, -0.1) is 0 Å². The Morgan fingerprint density at radius 2 is 1.50 bits per heavy atom. The van der Waals surface area contributed by atoms with Crippen LogP contribution >= 0.6 is 0 Å². The molecule has 0 spiro atoms. The molecule has 4 heteroatoms. The molecule has 0 N–H and O–H groups in total. The summed E-state index contributed by atoms with van der Waals surface area (Å²) in [6, 6.07) is 8.03. The first kappa shape index (κ1) is 17.4. The van der Waals surface area contributed by atoms with E-state index in [2.05, 4.69) is 48.5 Å². The van der Waals surface area contributed by atoms with Gasteiger partial charge in [-0.25, -0.2) is 0 Å². The molecule has 0 aliphatic carbocycles. The molecule has 0 aromatic heterocycles. The van der Waals surface area contributed by atoms with Gasteiger partial charge >= 0.3 is 7.12 Å². The maximum atomic E-state index is 6.06. The zero-order chi connectivity index (χ0) is 16.6. The molecule has 0 atom stereocenters. The van der Waals surface area contributed by atoms with Crippen LogP contribution in [0.3, 0.4) is 0 Å². The van der Waals surface area contributed by atoms with Gasteiger partial charge in [0.05, 0.1) is 17.8 Å². The summed E-state index contributed by atoms with van der Waals surface area (Å²) in [6.45, 7) is 15.6. The number of rotatable bonds is 5. The van der Waals surface area contributed by atoms with Crippen LogP contribution in [0.2, 0.25) is 0 Å². The average molecular weight is 304 g/mol. The first-order valence-corrected chi connectivity index (χ1v) is 8.15. The zero-order valence-electron chi connectivity index (χ0n) is 15.0. The molecule has 0 saturated carbocycles. The number of hydrogen-bond acceptors (Lipinski definition) is 3. The summed E-state index contributed by atoms with van der Waals surface area (Å²) in [4.78, 5) is 0. The van der Waals surface area contributed by atoms with E-state index in [0.29, 0.717) is 0 Å². The molecule has 1 heterocycles. The molecule has 22 heavy (non-hydrogen) atoms. The number of ether oxygens (including phenoxy) is 1. The van der Waals surface area contributed by atoms with Crippen LogP contribution in [0.4, 0.5) is 0 Å². The minimum atomic E-state index is -0.314. The van der Waals surface area contributed by atoms with Gasteiger partial charge in [0.25, 0.3) is 0 Å². The topological polar surface area (TPSA) is 27.7 Å². The molecule has 0 amide bonds. The van der Waals surface area contributed by atoms with E-state index in [-0.39, 0.29) is 23.7 Å². The summed E-state index contributed by atoms with van der Waals surface area (Å²) in [7, 11) is -0.314. The second-order valence-corrected chi connectivity index (χ2v) is 7.96. The molecule has 3 nitrogen and oxygen atoms in total. The van der Waals surface area contributed by atoms with Gasteiger partial charge in [-0.2, -0.15) is 0 Å². The van der Waals surface area contributed by atoms with Gasteiger partial charge in [-0.1, -0.05) is 32.9 Å². The van der Waals surface area contributed by atoms with E-state index in [1.165, 1.54) is 0 Å². The fourth-order valence-corrected chi connectivity index (χ4v) is 2.08. The second kappa shape index (κ2) is 5.90. The van der Waals surface area contributed by atoms with Crippen LogP contribution in [-0.2, 0) is 9.31 Å². The molecule has 0 radical (unpaired) electrons. The smallest absolute Gasteiger partial charge is 0.493 e. The van der Waals surface area contributed by atoms with E-state index in [0.717, 1.165) is 24.2 Å². The van der Waals surface area contributed by atoms with Gasteiger partial charge in [0.2, 0.25) is 0 Å². The lowest BCUT2D eigenvalue weighted by molar-refractivity contribution is 0.00578. The Hall–Kier alpha value is -0.995. The third-order valence-corrected chi connectivity index (χ3v) is 4.99. The van der Waals surface area contributed by atoms with E-state index in [4.69, 9.17) is 14.0 Å². The Bertz CT molecular complexity index is 490. The highest BCUT2D eigenvalue weighted by Gasteiger charge is 2.51. The van der Waals surface area contributed by atoms with E-state index < -0.39 is 0 Å². The molecular formula is C18H29BO3. The minimum Gasteiger partial charge on any atom is -0.493 e. The van der Waals surface area contributed by atoms with E-state index in [1.807, 2.05) is 24.3 Å². The Morgan fingerprint density at radius 3 is 1.95 bits per heavy atom. The summed E-state index contributed by atoms with van der Waals surface area (Å²) >= 11 is 0. The van der Waals surface area contributed by atoms with Gasteiger partial charge in [-0.3, -0.25) is 0 Å². The summed E-state index contributed by atoms with van der Waals surface area (Å²) < 4.78 is 18.0. The predicted octanol–water partition coefficient (Wildman–Crippen LogP) is 3.80. The van der Waals surface area contributed by atoms with E-state index in [1.54, 1.807) is 0 Å². The van der Waals surface area contributed by atoms with E-state index >= 15 is 0 Å². The Morgan fingerprint density at radius 1 is 1.00 bits per heavy atom. The average Bonchev–Trinajstić information content (AvgIpc) is 2.66.